The minimum Gasteiger partial charge on any atom is -0.391 e. The number of allylic oxidation sites excluding steroid dienone is 2. The maximum Gasteiger partial charge on any atom is 0.229 e. The molecule has 7 rings (SSSR count). The van der Waals surface area contributed by atoms with E-state index >= 15 is 0 Å². The van der Waals surface area contributed by atoms with Crippen LogP contribution in [0.25, 0.3) is 0 Å². The lowest BCUT2D eigenvalue weighted by Gasteiger charge is -2.54. The molecule has 3 heterocycles. The maximum atomic E-state index is 14.1. The summed E-state index contributed by atoms with van der Waals surface area (Å²) in [6.07, 6.45) is 12.3. The summed E-state index contributed by atoms with van der Waals surface area (Å²) in [4.78, 5) is 45.8. The van der Waals surface area contributed by atoms with E-state index < -0.39 is 11.5 Å². The van der Waals surface area contributed by atoms with Gasteiger partial charge in [0.05, 0.1) is 12.6 Å². The molecule has 0 unspecified atom stereocenters. The Morgan fingerprint density at radius 1 is 0.957 bits per heavy atom. The van der Waals surface area contributed by atoms with Gasteiger partial charge in [0.15, 0.2) is 5.78 Å². The van der Waals surface area contributed by atoms with Gasteiger partial charge in [-0.2, -0.15) is 9.97 Å². The zero-order chi connectivity index (χ0) is 32.9. The Morgan fingerprint density at radius 2 is 1.64 bits per heavy atom. The summed E-state index contributed by atoms with van der Waals surface area (Å²) in [6.45, 7) is 16.7. The highest BCUT2D eigenvalue weighted by Crippen LogP contribution is 2.64. The molecule has 6 aliphatic rings. The van der Waals surface area contributed by atoms with E-state index in [1.54, 1.807) is 0 Å². The second-order valence-electron chi connectivity index (χ2n) is 15.6. The summed E-state index contributed by atoms with van der Waals surface area (Å²) in [5, 5.41) is 11.1. The third kappa shape index (κ3) is 5.73. The number of piperidine rings is 1. The highest BCUT2D eigenvalue weighted by Gasteiger charge is 2.58. The number of aliphatic hydroxyl groups excluding tert-OH is 1. The van der Waals surface area contributed by atoms with Crippen LogP contribution < -0.4 is 14.7 Å². The van der Waals surface area contributed by atoms with E-state index in [9.17, 15) is 14.7 Å². The predicted molar refractivity (Wildman–Crippen MR) is 187 cm³/mol. The smallest absolute Gasteiger partial charge is 0.229 e. The molecule has 4 aliphatic carbocycles. The number of rotatable bonds is 8. The monoisotopic (exact) mass is 644 g/mol. The number of Topliss-reactive ketones (excluding diaryl/α,β-unsaturated/α-hetero) is 1. The summed E-state index contributed by atoms with van der Waals surface area (Å²) < 4.78 is 0. The van der Waals surface area contributed by atoms with Crippen LogP contribution in [0.4, 0.5) is 17.6 Å². The van der Waals surface area contributed by atoms with Crippen LogP contribution in [0.3, 0.4) is 0 Å². The Morgan fingerprint density at radius 3 is 2.32 bits per heavy atom. The predicted octanol–water partition coefficient (Wildman–Crippen LogP) is 5.04. The van der Waals surface area contributed by atoms with Gasteiger partial charge in [0, 0.05) is 76.2 Å². The van der Waals surface area contributed by atoms with Crippen LogP contribution in [0.1, 0.15) is 85.5 Å². The number of nitrogens with zero attached hydrogens (tertiary/aromatic N) is 6. The zero-order valence-electron chi connectivity index (χ0n) is 29.2. The average molecular weight is 645 g/mol. The first kappa shape index (κ1) is 32.8. The number of fused-ring (bicyclic) bond motifs is 5. The van der Waals surface area contributed by atoms with Crippen molar-refractivity contribution < 1.29 is 14.7 Å². The zero-order valence-corrected chi connectivity index (χ0v) is 29.2. The van der Waals surface area contributed by atoms with E-state index in [1.165, 1.54) is 24.8 Å². The SMILES string of the molecule is CCN(CC)c1nc(N2CCCCC2)cc(N2CCN(CC(=O)[C@H]3CC[C@H]4[C@@H]5CCC6=CC(=O)C[C@H](O)[C@]6(C)C5=CC[C@]34C)CC2)n1. The lowest BCUT2D eigenvalue weighted by atomic mass is 9.50. The first-order chi connectivity index (χ1) is 22.6. The number of ketones is 2. The minimum absolute atomic E-state index is 0.0350. The van der Waals surface area contributed by atoms with E-state index in [0.717, 1.165) is 108 Å². The number of aliphatic hydroxyl groups is 1. The topological polar surface area (TPSA) is 93.1 Å². The number of carbonyl (C=O) groups is 2. The van der Waals surface area contributed by atoms with Gasteiger partial charge in [-0.15, -0.1) is 0 Å². The van der Waals surface area contributed by atoms with E-state index in [1.807, 2.05) is 6.08 Å². The van der Waals surface area contributed by atoms with Gasteiger partial charge < -0.3 is 19.8 Å². The molecule has 2 saturated heterocycles. The standard InChI is InChI=1S/C38H56N6O3/c1-5-42(6-2)36-39-34(43-16-8-7-9-17-43)24-35(40-36)44-20-18-41(19-21-44)25-32(46)31-13-12-29-28-11-10-26-22-27(45)23-33(47)38(26,4)30(28)14-15-37(29,31)3/h14,22,24,28-29,31,33,47H,5-13,15-21,23,25H2,1-4H3/t28-,29-,31+,33-,37-,38-/m0/s1. The van der Waals surface area contributed by atoms with Gasteiger partial charge in [-0.3, -0.25) is 14.5 Å². The molecule has 1 aromatic rings. The molecule has 1 N–H and O–H groups in total. The van der Waals surface area contributed by atoms with Crippen LogP contribution in [0.2, 0.25) is 0 Å². The fraction of sp³-hybridized carbons (Fsp3) is 0.737. The van der Waals surface area contributed by atoms with Crippen molar-refractivity contribution in [2.75, 3.05) is 73.6 Å². The van der Waals surface area contributed by atoms with Crippen molar-refractivity contribution in [1.29, 1.82) is 0 Å². The summed E-state index contributed by atoms with van der Waals surface area (Å²) in [7, 11) is 0. The molecule has 6 atom stereocenters. The molecule has 256 valence electrons. The highest BCUT2D eigenvalue weighted by molar-refractivity contribution is 5.92. The first-order valence-corrected chi connectivity index (χ1v) is 18.7. The second kappa shape index (κ2) is 12.9. The molecule has 0 amide bonds. The average Bonchev–Trinajstić information content (AvgIpc) is 3.44. The Balaban J connectivity index is 1.02. The molecular weight excluding hydrogens is 588 g/mol. The van der Waals surface area contributed by atoms with Crippen LogP contribution in [-0.4, -0.2) is 96.5 Å². The number of carbonyl (C=O) groups excluding carboxylic acids is 2. The summed E-state index contributed by atoms with van der Waals surface area (Å²) in [5.41, 5.74) is 2.00. The van der Waals surface area contributed by atoms with Crippen molar-refractivity contribution in [3.05, 3.63) is 29.4 Å². The van der Waals surface area contributed by atoms with E-state index in [2.05, 4.69) is 59.4 Å². The Labute approximate surface area is 281 Å². The molecule has 0 radical (unpaired) electrons. The number of anilines is 3. The van der Waals surface area contributed by atoms with Gasteiger partial charge in [0.25, 0.3) is 0 Å². The van der Waals surface area contributed by atoms with Gasteiger partial charge in [-0.1, -0.05) is 24.1 Å². The summed E-state index contributed by atoms with van der Waals surface area (Å²) >= 11 is 0. The first-order valence-electron chi connectivity index (χ1n) is 18.7. The molecular formula is C38H56N6O3. The normalized spacial score (nSPS) is 34.3. The number of hydrogen-bond donors (Lipinski definition) is 1. The van der Waals surface area contributed by atoms with Crippen LogP contribution in [-0.2, 0) is 9.59 Å². The summed E-state index contributed by atoms with van der Waals surface area (Å²) in [5.74, 6) is 4.28. The molecule has 9 heteroatoms. The molecule has 0 bridgehead atoms. The molecule has 47 heavy (non-hydrogen) atoms. The maximum absolute atomic E-state index is 14.1. The fourth-order valence-corrected chi connectivity index (χ4v) is 10.4. The van der Waals surface area contributed by atoms with Gasteiger partial charge in [-0.25, -0.2) is 0 Å². The number of hydrogen-bond acceptors (Lipinski definition) is 9. The largest absolute Gasteiger partial charge is 0.391 e. The van der Waals surface area contributed by atoms with Crippen molar-refractivity contribution in [3.8, 4) is 0 Å². The molecule has 9 nitrogen and oxygen atoms in total. The number of aromatic nitrogens is 2. The van der Waals surface area contributed by atoms with Gasteiger partial charge in [-0.05, 0) is 95.5 Å². The Kier molecular flexibility index (Phi) is 9.00. The molecule has 0 spiro atoms. The van der Waals surface area contributed by atoms with Crippen LogP contribution >= 0.6 is 0 Å². The lowest BCUT2D eigenvalue weighted by Crippen LogP contribution is -2.51. The molecule has 4 fully saturated rings. The van der Waals surface area contributed by atoms with Crippen molar-refractivity contribution in [1.82, 2.24) is 14.9 Å². The lowest BCUT2D eigenvalue weighted by molar-refractivity contribution is -0.128. The summed E-state index contributed by atoms with van der Waals surface area (Å²) in [6, 6.07) is 2.19. The third-order valence-electron chi connectivity index (χ3n) is 13.3. The molecule has 1 aromatic heterocycles. The van der Waals surface area contributed by atoms with Gasteiger partial charge in [0.2, 0.25) is 5.95 Å². The van der Waals surface area contributed by atoms with Crippen molar-refractivity contribution >= 4 is 29.2 Å². The van der Waals surface area contributed by atoms with Crippen molar-refractivity contribution in [3.63, 3.8) is 0 Å². The Bertz CT molecular complexity index is 1420. The minimum atomic E-state index is -0.645. The van der Waals surface area contributed by atoms with Crippen molar-refractivity contribution in [2.45, 2.75) is 91.6 Å². The van der Waals surface area contributed by atoms with E-state index in [-0.39, 0.29) is 23.5 Å². The molecule has 2 saturated carbocycles. The quantitative estimate of drug-likeness (QED) is 0.391. The van der Waals surface area contributed by atoms with Crippen LogP contribution in [0.15, 0.2) is 29.4 Å². The van der Waals surface area contributed by atoms with Gasteiger partial charge >= 0.3 is 0 Å². The van der Waals surface area contributed by atoms with Crippen LogP contribution in [0, 0.1) is 28.6 Å². The third-order valence-corrected chi connectivity index (χ3v) is 13.3. The fourth-order valence-electron chi connectivity index (χ4n) is 10.4. The second-order valence-corrected chi connectivity index (χ2v) is 15.6. The molecule has 2 aliphatic heterocycles. The Hall–Kier alpha value is -2.78. The van der Waals surface area contributed by atoms with Crippen molar-refractivity contribution in [2.24, 2.45) is 28.6 Å². The van der Waals surface area contributed by atoms with Crippen LogP contribution in [0.5, 0.6) is 0 Å². The number of piperazine rings is 1. The molecule has 0 aromatic carbocycles. The highest BCUT2D eigenvalue weighted by atomic mass is 16.3. The van der Waals surface area contributed by atoms with Gasteiger partial charge in [0.1, 0.15) is 17.4 Å². The van der Waals surface area contributed by atoms with E-state index in [4.69, 9.17) is 9.97 Å². The van der Waals surface area contributed by atoms with E-state index in [0.29, 0.717) is 24.2 Å².